The van der Waals surface area contributed by atoms with Gasteiger partial charge < -0.3 is 10.3 Å². The Labute approximate surface area is 141 Å². The number of rotatable bonds is 5. The quantitative estimate of drug-likeness (QED) is 0.635. The Hall–Kier alpha value is -1.50. The van der Waals surface area contributed by atoms with Gasteiger partial charge in [0.1, 0.15) is 0 Å². The second-order valence-electron chi connectivity index (χ2n) is 4.36. The molecular formula is C14H13Cl2N3O2S. The second kappa shape index (κ2) is 7.67. The number of aryl methyl sites for hydroxylation is 1. The lowest BCUT2D eigenvalue weighted by molar-refractivity contribution is -0.113. The van der Waals surface area contributed by atoms with Gasteiger partial charge in [-0.3, -0.25) is 9.59 Å². The smallest absolute Gasteiger partial charge is 0.251 e. The maximum Gasteiger partial charge on any atom is 0.251 e. The molecule has 8 heteroatoms. The third-order valence-corrected chi connectivity index (χ3v) is 4.29. The van der Waals surface area contributed by atoms with Crippen molar-refractivity contribution in [1.29, 1.82) is 0 Å². The van der Waals surface area contributed by atoms with E-state index in [1.807, 2.05) is 6.92 Å². The fourth-order valence-corrected chi connectivity index (χ4v) is 2.63. The average Bonchev–Trinajstić information content (AvgIpc) is 2.48. The topological polar surface area (TPSA) is 74.8 Å². The van der Waals surface area contributed by atoms with Crippen molar-refractivity contribution in [2.45, 2.75) is 18.5 Å². The number of nitrogens with zero attached hydrogens (tertiary/aromatic N) is 1. The number of aromatic nitrogens is 2. The van der Waals surface area contributed by atoms with Crippen molar-refractivity contribution in [2.24, 2.45) is 0 Å². The normalized spacial score (nSPS) is 10.5. The molecule has 1 aromatic carbocycles. The van der Waals surface area contributed by atoms with Gasteiger partial charge in [-0.1, -0.05) is 41.9 Å². The highest BCUT2D eigenvalue weighted by atomic mass is 35.5. The molecule has 0 saturated carbocycles. The van der Waals surface area contributed by atoms with Crippen molar-refractivity contribution in [2.75, 3.05) is 11.1 Å². The summed E-state index contributed by atoms with van der Waals surface area (Å²) in [4.78, 5) is 30.2. The van der Waals surface area contributed by atoms with E-state index in [4.69, 9.17) is 23.2 Å². The van der Waals surface area contributed by atoms with Gasteiger partial charge in [0.15, 0.2) is 5.16 Å². The van der Waals surface area contributed by atoms with E-state index >= 15 is 0 Å². The molecule has 5 nitrogen and oxygen atoms in total. The lowest BCUT2D eigenvalue weighted by atomic mass is 10.3. The van der Waals surface area contributed by atoms with Crippen molar-refractivity contribution >= 4 is 46.6 Å². The van der Waals surface area contributed by atoms with Crippen LogP contribution in [0.2, 0.25) is 10.0 Å². The van der Waals surface area contributed by atoms with Gasteiger partial charge in [-0.15, -0.1) is 0 Å². The predicted octanol–water partition coefficient (Wildman–Crippen LogP) is 3.37. The Kier molecular flexibility index (Phi) is 5.88. The van der Waals surface area contributed by atoms with Crippen LogP contribution in [-0.2, 0) is 11.2 Å². The van der Waals surface area contributed by atoms with Gasteiger partial charge in [0.25, 0.3) is 5.56 Å². The number of carbonyl (C=O) groups is 1. The monoisotopic (exact) mass is 357 g/mol. The van der Waals surface area contributed by atoms with E-state index in [1.165, 1.54) is 6.07 Å². The number of halogens is 2. The Morgan fingerprint density at radius 1 is 1.32 bits per heavy atom. The molecule has 1 heterocycles. The SMILES string of the molecule is CCc1cc(=O)[nH]c(SCC(=O)Nc2ccc(Cl)c(Cl)c2)n1. The van der Waals surface area contributed by atoms with E-state index in [0.717, 1.165) is 11.8 Å². The molecule has 0 radical (unpaired) electrons. The number of hydrogen-bond donors (Lipinski definition) is 2. The third-order valence-electron chi connectivity index (χ3n) is 2.68. The lowest BCUT2D eigenvalue weighted by Crippen LogP contribution is -2.15. The van der Waals surface area contributed by atoms with E-state index in [1.54, 1.807) is 18.2 Å². The minimum Gasteiger partial charge on any atom is -0.325 e. The molecule has 116 valence electrons. The summed E-state index contributed by atoms with van der Waals surface area (Å²) in [5, 5.41) is 3.92. The maximum absolute atomic E-state index is 11.9. The maximum atomic E-state index is 11.9. The minimum absolute atomic E-state index is 0.121. The van der Waals surface area contributed by atoms with Crippen LogP contribution in [0, 0.1) is 0 Å². The molecule has 0 aliphatic rings. The van der Waals surface area contributed by atoms with Gasteiger partial charge in [-0.25, -0.2) is 4.98 Å². The zero-order chi connectivity index (χ0) is 16.1. The summed E-state index contributed by atoms with van der Waals surface area (Å²) in [7, 11) is 0. The van der Waals surface area contributed by atoms with Crippen molar-refractivity contribution in [3.63, 3.8) is 0 Å². The number of amides is 1. The highest BCUT2D eigenvalue weighted by molar-refractivity contribution is 7.99. The first-order valence-electron chi connectivity index (χ1n) is 6.46. The summed E-state index contributed by atoms with van der Waals surface area (Å²) in [6.45, 7) is 1.91. The molecule has 1 amide bonds. The molecule has 0 aliphatic carbocycles. The molecular weight excluding hydrogens is 345 g/mol. The van der Waals surface area contributed by atoms with Crippen LogP contribution < -0.4 is 10.9 Å². The zero-order valence-electron chi connectivity index (χ0n) is 11.7. The van der Waals surface area contributed by atoms with E-state index < -0.39 is 0 Å². The Balaban J connectivity index is 1.96. The summed E-state index contributed by atoms with van der Waals surface area (Å²) in [5.41, 5.74) is 1.03. The van der Waals surface area contributed by atoms with Gasteiger partial charge in [0, 0.05) is 17.4 Å². The predicted molar refractivity (Wildman–Crippen MR) is 90.1 cm³/mol. The first kappa shape index (κ1) is 16.9. The van der Waals surface area contributed by atoms with Gasteiger partial charge >= 0.3 is 0 Å². The van der Waals surface area contributed by atoms with Crippen LogP contribution in [0.5, 0.6) is 0 Å². The summed E-state index contributed by atoms with van der Waals surface area (Å²) < 4.78 is 0. The Morgan fingerprint density at radius 3 is 2.77 bits per heavy atom. The van der Waals surface area contributed by atoms with Crippen LogP contribution >= 0.6 is 35.0 Å². The lowest BCUT2D eigenvalue weighted by Gasteiger charge is -2.06. The number of anilines is 1. The fourth-order valence-electron chi connectivity index (χ4n) is 1.64. The molecule has 2 N–H and O–H groups in total. The molecule has 1 aromatic heterocycles. The number of benzene rings is 1. The number of nitrogens with one attached hydrogen (secondary N) is 2. The molecule has 2 rings (SSSR count). The van der Waals surface area contributed by atoms with Crippen LogP contribution in [0.15, 0.2) is 34.2 Å². The van der Waals surface area contributed by atoms with Crippen LogP contribution in [0.1, 0.15) is 12.6 Å². The fraction of sp³-hybridized carbons (Fsp3) is 0.214. The van der Waals surface area contributed by atoms with E-state index in [2.05, 4.69) is 15.3 Å². The average molecular weight is 358 g/mol. The highest BCUT2D eigenvalue weighted by Crippen LogP contribution is 2.25. The highest BCUT2D eigenvalue weighted by Gasteiger charge is 2.07. The van der Waals surface area contributed by atoms with E-state index in [0.29, 0.717) is 33.0 Å². The van der Waals surface area contributed by atoms with Crippen molar-refractivity contribution < 1.29 is 4.79 Å². The van der Waals surface area contributed by atoms with Crippen molar-refractivity contribution in [3.05, 3.63) is 50.4 Å². The van der Waals surface area contributed by atoms with Crippen LogP contribution in [-0.4, -0.2) is 21.6 Å². The van der Waals surface area contributed by atoms with Crippen LogP contribution in [0.4, 0.5) is 5.69 Å². The first-order valence-corrected chi connectivity index (χ1v) is 8.20. The molecule has 2 aromatic rings. The van der Waals surface area contributed by atoms with Crippen LogP contribution in [0.3, 0.4) is 0 Å². The van der Waals surface area contributed by atoms with Crippen LogP contribution in [0.25, 0.3) is 0 Å². The van der Waals surface area contributed by atoms with Gasteiger partial charge in [0.2, 0.25) is 5.91 Å². The third kappa shape index (κ3) is 4.76. The summed E-state index contributed by atoms with van der Waals surface area (Å²) in [6.07, 6.45) is 0.660. The number of thioether (sulfide) groups is 1. The van der Waals surface area contributed by atoms with E-state index in [9.17, 15) is 9.59 Å². The zero-order valence-corrected chi connectivity index (χ0v) is 14.0. The van der Waals surface area contributed by atoms with Gasteiger partial charge in [-0.05, 0) is 24.6 Å². The molecule has 0 bridgehead atoms. The molecule has 0 saturated heterocycles. The second-order valence-corrected chi connectivity index (χ2v) is 6.14. The molecule has 0 aliphatic heterocycles. The molecule has 0 unspecified atom stereocenters. The summed E-state index contributed by atoms with van der Waals surface area (Å²) in [6, 6.07) is 6.29. The van der Waals surface area contributed by atoms with Gasteiger partial charge in [-0.2, -0.15) is 0 Å². The summed E-state index contributed by atoms with van der Waals surface area (Å²) in [5.74, 6) is -0.107. The molecule has 22 heavy (non-hydrogen) atoms. The number of hydrogen-bond acceptors (Lipinski definition) is 4. The van der Waals surface area contributed by atoms with Crippen molar-refractivity contribution in [3.8, 4) is 0 Å². The standard InChI is InChI=1S/C14H13Cl2N3O2S/c1-2-8-6-12(20)19-14(18-8)22-7-13(21)17-9-3-4-10(15)11(16)5-9/h3-6H,2,7H2,1H3,(H,17,21)(H,18,19,20). The first-order chi connectivity index (χ1) is 10.5. The molecule has 0 fully saturated rings. The van der Waals surface area contributed by atoms with E-state index in [-0.39, 0.29) is 17.2 Å². The Morgan fingerprint density at radius 2 is 2.09 bits per heavy atom. The molecule has 0 atom stereocenters. The summed E-state index contributed by atoms with van der Waals surface area (Å²) >= 11 is 12.9. The Bertz CT molecular complexity index is 749. The minimum atomic E-state index is -0.229. The largest absolute Gasteiger partial charge is 0.325 e. The van der Waals surface area contributed by atoms with Gasteiger partial charge in [0.05, 0.1) is 15.8 Å². The van der Waals surface area contributed by atoms with Crippen molar-refractivity contribution in [1.82, 2.24) is 9.97 Å². The number of aromatic amines is 1. The molecule has 0 spiro atoms. The number of H-pyrrole nitrogens is 1. The number of carbonyl (C=O) groups excluding carboxylic acids is 1.